The number of amides is 2. The lowest BCUT2D eigenvalue weighted by molar-refractivity contribution is 0.238. The van der Waals surface area contributed by atoms with E-state index in [1.165, 1.54) is 14.7 Å². The van der Waals surface area contributed by atoms with Crippen molar-refractivity contribution in [1.82, 2.24) is 10.6 Å². The highest BCUT2D eigenvalue weighted by Crippen LogP contribution is 2.38. The van der Waals surface area contributed by atoms with E-state index in [-0.39, 0.29) is 12.1 Å². The molecule has 2 atom stereocenters. The summed E-state index contributed by atoms with van der Waals surface area (Å²) in [4.78, 5) is 11.8. The number of benzene rings is 1. The molecule has 98 valence electrons. The molecule has 2 amide bonds. The van der Waals surface area contributed by atoms with Gasteiger partial charge in [0.1, 0.15) is 0 Å². The van der Waals surface area contributed by atoms with Crippen LogP contribution < -0.4 is 10.6 Å². The van der Waals surface area contributed by atoms with E-state index in [1.807, 2.05) is 0 Å². The van der Waals surface area contributed by atoms with Gasteiger partial charge in [0.2, 0.25) is 0 Å². The lowest BCUT2D eigenvalue weighted by Gasteiger charge is -2.18. The Hall–Kier alpha value is 0.680. The van der Waals surface area contributed by atoms with Gasteiger partial charge in [0.05, 0.1) is 6.04 Å². The van der Waals surface area contributed by atoms with Crippen LogP contribution in [-0.2, 0) is 6.42 Å². The predicted molar refractivity (Wildman–Crippen MR) is 98.8 cm³/mol. The second kappa shape index (κ2) is 6.91. The van der Waals surface area contributed by atoms with Crippen molar-refractivity contribution >= 4 is 73.8 Å². The maximum absolute atomic E-state index is 11.8. The Kier molecular flexibility index (Phi) is 5.79. The Bertz CT molecular complexity index is 453. The highest BCUT2D eigenvalue weighted by atomic mass is 127. The van der Waals surface area contributed by atoms with E-state index >= 15 is 0 Å². The van der Waals surface area contributed by atoms with Crippen LogP contribution in [-0.4, -0.2) is 20.9 Å². The summed E-state index contributed by atoms with van der Waals surface area (Å²) in [5, 5.41) is 5.95. The summed E-state index contributed by atoms with van der Waals surface area (Å²) < 4.78 is 2.65. The molecule has 2 rings (SSSR count). The number of halogens is 3. The number of urea groups is 1. The van der Waals surface area contributed by atoms with Gasteiger partial charge in [-0.15, -0.1) is 0 Å². The molecule has 0 spiro atoms. The van der Waals surface area contributed by atoms with E-state index in [0.717, 1.165) is 10.8 Å². The normalized spacial score (nSPS) is 21.5. The predicted octanol–water partition coefficient (Wildman–Crippen LogP) is 3.43. The third kappa shape index (κ3) is 3.41. The fraction of sp³-hybridized carbons (Fsp3) is 0.417. The number of hydrogen-bond donors (Lipinski definition) is 2. The molecule has 2 N–H and O–H groups in total. The number of fused-ring (bicyclic) bond motifs is 1. The molecule has 1 aromatic rings. The molecule has 0 saturated heterocycles. The number of carbonyl (C=O) groups excluding carboxylic acids is 1. The van der Waals surface area contributed by atoms with Gasteiger partial charge in [0.25, 0.3) is 0 Å². The van der Waals surface area contributed by atoms with E-state index < -0.39 is 0 Å². The van der Waals surface area contributed by atoms with Crippen molar-refractivity contribution in [2.75, 3.05) is 11.0 Å². The zero-order chi connectivity index (χ0) is 13.1. The van der Waals surface area contributed by atoms with E-state index in [4.69, 9.17) is 0 Å². The monoisotopic (exact) mass is 582 g/mol. The fourth-order valence-corrected chi connectivity index (χ4v) is 4.13. The number of hydrogen-bond acceptors (Lipinski definition) is 1. The van der Waals surface area contributed by atoms with Crippen LogP contribution in [0.2, 0.25) is 0 Å². The summed E-state index contributed by atoms with van der Waals surface area (Å²) in [6.45, 7) is 0.713. The topological polar surface area (TPSA) is 41.1 Å². The van der Waals surface area contributed by atoms with Gasteiger partial charge in [0.15, 0.2) is 0 Å². The van der Waals surface area contributed by atoms with Crippen molar-refractivity contribution in [3.63, 3.8) is 0 Å². The van der Waals surface area contributed by atoms with Gasteiger partial charge in [-0.25, -0.2) is 4.79 Å². The molecule has 0 fully saturated rings. The second-order valence-corrected chi connectivity index (χ2v) is 7.94. The number of alkyl halides is 2. The van der Waals surface area contributed by atoms with Crippen LogP contribution in [0.25, 0.3) is 0 Å². The summed E-state index contributed by atoms with van der Waals surface area (Å²) >= 11 is 7.05. The Morgan fingerprint density at radius 1 is 1.44 bits per heavy atom. The first-order valence-electron chi connectivity index (χ1n) is 5.65. The maximum Gasteiger partial charge on any atom is 0.315 e. The molecule has 0 aliphatic heterocycles. The summed E-state index contributed by atoms with van der Waals surface area (Å²) in [5.74, 6) is 0. The zero-order valence-corrected chi connectivity index (χ0v) is 16.0. The van der Waals surface area contributed by atoms with E-state index in [0.29, 0.717) is 10.5 Å². The van der Waals surface area contributed by atoms with Gasteiger partial charge in [-0.2, -0.15) is 0 Å². The van der Waals surface area contributed by atoms with Crippen molar-refractivity contribution in [1.29, 1.82) is 0 Å². The number of rotatable bonds is 3. The van der Waals surface area contributed by atoms with Crippen molar-refractivity contribution in [2.45, 2.75) is 16.4 Å². The average Bonchev–Trinajstić information content (AvgIpc) is 2.66. The Labute approximate surface area is 148 Å². The van der Waals surface area contributed by atoms with Gasteiger partial charge < -0.3 is 10.6 Å². The van der Waals surface area contributed by atoms with E-state index in [1.54, 1.807) is 0 Å². The van der Waals surface area contributed by atoms with Crippen LogP contribution in [0.4, 0.5) is 4.79 Å². The van der Waals surface area contributed by atoms with Crippen LogP contribution in [0.3, 0.4) is 0 Å². The summed E-state index contributed by atoms with van der Waals surface area (Å²) in [6, 6.07) is 6.38. The Morgan fingerprint density at radius 2 is 2.22 bits per heavy atom. The fourth-order valence-electron chi connectivity index (χ4n) is 2.11. The van der Waals surface area contributed by atoms with E-state index in [2.05, 4.69) is 96.6 Å². The maximum atomic E-state index is 11.8. The van der Waals surface area contributed by atoms with Crippen LogP contribution >= 0.6 is 67.8 Å². The molecule has 0 bridgehead atoms. The molecule has 1 aromatic carbocycles. The van der Waals surface area contributed by atoms with Gasteiger partial charge in [0, 0.05) is 18.5 Å². The van der Waals surface area contributed by atoms with Crippen LogP contribution in [0, 0.1) is 3.57 Å². The molecule has 2 unspecified atom stereocenters. The summed E-state index contributed by atoms with van der Waals surface area (Å²) in [7, 11) is 0. The average molecular weight is 582 g/mol. The lowest BCUT2D eigenvalue weighted by atomic mass is 10.1. The first-order chi connectivity index (χ1) is 8.63. The third-order valence-corrected chi connectivity index (χ3v) is 5.63. The summed E-state index contributed by atoms with van der Waals surface area (Å²) in [5.41, 5.74) is 2.66. The van der Waals surface area contributed by atoms with E-state index in [9.17, 15) is 4.79 Å². The molecule has 3 nitrogen and oxygen atoms in total. The minimum absolute atomic E-state index is 0.0648. The zero-order valence-electron chi connectivity index (χ0n) is 9.55. The van der Waals surface area contributed by atoms with Crippen molar-refractivity contribution in [3.05, 3.63) is 32.9 Å². The minimum Gasteiger partial charge on any atom is -0.337 e. The molecule has 1 aliphatic carbocycles. The standard InChI is InChI=1S/C12H13I3N2O/c13-4-5-16-12(18)17-11-7-2-1-3-9(14)8(7)6-10(11)15/h1-3,10-11H,4-6H2,(H2,16,17,18). The third-order valence-electron chi connectivity index (χ3n) is 2.92. The SMILES string of the molecule is O=C(NCCI)NC1c2cccc(I)c2CC1I. The number of carbonyl (C=O) groups is 1. The second-order valence-electron chi connectivity index (χ2n) is 4.09. The molecule has 6 heteroatoms. The minimum atomic E-state index is -0.0648. The molecule has 1 aliphatic rings. The van der Waals surface area contributed by atoms with Gasteiger partial charge in [-0.3, -0.25) is 0 Å². The molecule has 0 heterocycles. The molecular formula is C12H13I3N2O. The van der Waals surface area contributed by atoms with Gasteiger partial charge in [-0.1, -0.05) is 57.3 Å². The van der Waals surface area contributed by atoms with Crippen molar-refractivity contribution in [2.24, 2.45) is 0 Å². The first-order valence-corrected chi connectivity index (χ1v) is 9.50. The summed E-state index contributed by atoms with van der Waals surface area (Å²) in [6.07, 6.45) is 1.03. The largest absolute Gasteiger partial charge is 0.337 e. The van der Waals surface area contributed by atoms with Crippen molar-refractivity contribution in [3.8, 4) is 0 Å². The highest BCUT2D eigenvalue weighted by molar-refractivity contribution is 14.1. The smallest absolute Gasteiger partial charge is 0.315 e. The highest BCUT2D eigenvalue weighted by Gasteiger charge is 2.32. The number of nitrogens with one attached hydrogen (secondary N) is 2. The Balaban J connectivity index is 2.11. The van der Waals surface area contributed by atoms with Crippen molar-refractivity contribution < 1.29 is 4.79 Å². The molecule has 0 radical (unpaired) electrons. The quantitative estimate of drug-likeness (QED) is 0.417. The van der Waals surface area contributed by atoms with Crippen LogP contribution in [0.5, 0.6) is 0 Å². The molecular weight excluding hydrogens is 569 g/mol. The Morgan fingerprint density at radius 3 is 2.94 bits per heavy atom. The van der Waals surface area contributed by atoms with Gasteiger partial charge >= 0.3 is 6.03 Å². The van der Waals surface area contributed by atoms with Crippen LogP contribution in [0.15, 0.2) is 18.2 Å². The van der Waals surface area contributed by atoms with Gasteiger partial charge in [-0.05, 0) is 46.2 Å². The first kappa shape index (κ1) is 15.1. The molecule has 0 aromatic heterocycles. The molecule has 18 heavy (non-hydrogen) atoms. The lowest BCUT2D eigenvalue weighted by Crippen LogP contribution is -2.40. The molecule has 0 saturated carbocycles. The van der Waals surface area contributed by atoms with Crippen LogP contribution in [0.1, 0.15) is 17.2 Å².